The van der Waals surface area contributed by atoms with E-state index >= 15 is 0 Å². The minimum absolute atomic E-state index is 0.0157. The summed E-state index contributed by atoms with van der Waals surface area (Å²) in [6.07, 6.45) is 0. The molecule has 0 aliphatic heterocycles. The van der Waals surface area contributed by atoms with Gasteiger partial charge in [-0.2, -0.15) is 0 Å². The summed E-state index contributed by atoms with van der Waals surface area (Å²) in [5.41, 5.74) is 0.741. The molecule has 2 aromatic rings. The number of rotatable bonds is 6. The van der Waals surface area contributed by atoms with Gasteiger partial charge in [-0.05, 0) is 51.1 Å². The molecular formula is C17H19N3O5S. The lowest BCUT2D eigenvalue weighted by atomic mass is 10.2. The molecule has 0 aliphatic rings. The molecule has 2 N–H and O–H groups in total. The van der Waals surface area contributed by atoms with E-state index in [0.717, 1.165) is 6.07 Å². The molecule has 0 atom stereocenters. The first-order valence-corrected chi connectivity index (χ1v) is 9.27. The van der Waals surface area contributed by atoms with Crippen LogP contribution in [0.15, 0.2) is 47.4 Å². The Morgan fingerprint density at radius 1 is 1.12 bits per heavy atom. The van der Waals surface area contributed by atoms with E-state index in [4.69, 9.17) is 0 Å². The monoisotopic (exact) mass is 377 g/mol. The van der Waals surface area contributed by atoms with Crippen molar-refractivity contribution in [2.24, 2.45) is 0 Å². The molecule has 1 amide bonds. The van der Waals surface area contributed by atoms with Gasteiger partial charge in [0, 0.05) is 28.9 Å². The summed E-state index contributed by atoms with van der Waals surface area (Å²) >= 11 is 0. The van der Waals surface area contributed by atoms with Crippen LogP contribution in [0.2, 0.25) is 0 Å². The van der Waals surface area contributed by atoms with Crippen molar-refractivity contribution in [2.75, 3.05) is 4.72 Å². The molecular weight excluding hydrogens is 358 g/mol. The lowest BCUT2D eigenvalue weighted by molar-refractivity contribution is -0.385. The third kappa shape index (κ3) is 4.57. The smallest absolute Gasteiger partial charge is 0.273 e. The Morgan fingerprint density at radius 2 is 1.73 bits per heavy atom. The highest BCUT2D eigenvalue weighted by Crippen LogP contribution is 2.24. The number of hydrogen-bond acceptors (Lipinski definition) is 5. The largest absolute Gasteiger partial charge is 0.350 e. The Morgan fingerprint density at radius 3 is 2.27 bits per heavy atom. The quantitative estimate of drug-likeness (QED) is 0.593. The third-order valence-electron chi connectivity index (χ3n) is 3.51. The van der Waals surface area contributed by atoms with Crippen molar-refractivity contribution in [1.82, 2.24) is 5.32 Å². The molecule has 8 nitrogen and oxygen atoms in total. The lowest BCUT2D eigenvalue weighted by Gasteiger charge is -2.11. The van der Waals surface area contributed by atoms with Crippen LogP contribution >= 0.6 is 0 Å². The van der Waals surface area contributed by atoms with E-state index in [1.165, 1.54) is 43.3 Å². The van der Waals surface area contributed by atoms with Crippen molar-refractivity contribution in [1.29, 1.82) is 0 Å². The molecule has 0 unspecified atom stereocenters. The topological polar surface area (TPSA) is 118 Å². The Bertz CT molecular complexity index is 937. The predicted octanol–water partition coefficient (Wildman–Crippen LogP) is 2.84. The molecule has 0 fully saturated rings. The van der Waals surface area contributed by atoms with E-state index < -0.39 is 14.9 Å². The molecule has 2 aromatic carbocycles. The van der Waals surface area contributed by atoms with Crippen molar-refractivity contribution in [3.8, 4) is 0 Å². The molecule has 9 heteroatoms. The number of anilines is 1. The maximum atomic E-state index is 12.4. The molecule has 0 aliphatic carbocycles. The summed E-state index contributed by atoms with van der Waals surface area (Å²) in [7, 11) is -3.99. The standard InChI is InChI=1S/C17H19N3O5S/c1-11(2)18-17(21)13-5-7-14(8-6-13)19-26(24,25)15-9-4-12(3)16(10-15)20(22)23/h4-11,19H,1-3H3,(H,18,21). The number of benzene rings is 2. The van der Waals surface area contributed by atoms with Gasteiger partial charge in [0.1, 0.15) is 0 Å². The van der Waals surface area contributed by atoms with Crippen LogP contribution in [-0.2, 0) is 10.0 Å². The Kier molecular flexibility index (Phi) is 5.61. The summed E-state index contributed by atoms with van der Waals surface area (Å²) in [5.74, 6) is -0.261. The van der Waals surface area contributed by atoms with Crippen molar-refractivity contribution in [2.45, 2.75) is 31.7 Å². The van der Waals surface area contributed by atoms with Crippen molar-refractivity contribution in [3.63, 3.8) is 0 Å². The second-order valence-corrected chi connectivity index (χ2v) is 7.70. The summed E-state index contributed by atoms with van der Waals surface area (Å²) in [4.78, 5) is 22.0. The van der Waals surface area contributed by atoms with E-state index in [9.17, 15) is 23.3 Å². The summed E-state index contributed by atoms with van der Waals surface area (Å²) < 4.78 is 27.2. The van der Waals surface area contributed by atoms with Crippen LogP contribution in [0, 0.1) is 17.0 Å². The van der Waals surface area contributed by atoms with Gasteiger partial charge in [0.2, 0.25) is 0 Å². The van der Waals surface area contributed by atoms with Crippen LogP contribution in [0.1, 0.15) is 29.8 Å². The minimum atomic E-state index is -3.99. The number of nitro groups is 1. The van der Waals surface area contributed by atoms with Gasteiger partial charge in [-0.1, -0.05) is 6.07 Å². The number of hydrogen-bond donors (Lipinski definition) is 2. The molecule has 0 spiro atoms. The maximum absolute atomic E-state index is 12.4. The highest BCUT2D eigenvalue weighted by atomic mass is 32.2. The molecule has 0 radical (unpaired) electrons. The average molecular weight is 377 g/mol. The normalized spacial score (nSPS) is 11.2. The molecule has 0 saturated carbocycles. The van der Waals surface area contributed by atoms with Crippen molar-refractivity contribution < 1.29 is 18.1 Å². The summed E-state index contributed by atoms with van der Waals surface area (Å²) in [5, 5.41) is 13.7. The Balaban J connectivity index is 2.23. The fourth-order valence-corrected chi connectivity index (χ4v) is 3.28. The number of aryl methyl sites for hydroxylation is 1. The number of carbonyl (C=O) groups excluding carboxylic acids is 1. The average Bonchev–Trinajstić information content (AvgIpc) is 2.54. The number of amides is 1. The van der Waals surface area contributed by atoms with E-state index in [2.05, 4.69) is 10.0 Å². The van der Waals surface area contributed by atoms with E-state index in [0.29, 0.717) is 11.1 Å². The molecule has 0 aromatic heterocycles. The second kappa shape index (κ2) is 7.52. The number of nitro benzene ring substituents is 1. The fourth-order valence-electron chi connectivity index (χ4n) is 2.20. The van der Waals surface area contributed by atoms with Crippen molar-refractivity contribution in [3.05, 3.63) is 63.7 Å². The first-order chi connectivity index (χ1) is 12.1. The van der Waals surface area contributed by atoms with Gasteiger partial charge in [0.25, 0.3) is 21.6 Å². The summed E-state index contributed by atoms with van der Waals surface area (Å²) in [6.45, 7) is 5.20. The van der Waals surface area contributed by atoms with Gasteiger partial charge in [-0.3, -0.25) is 19.6 Å². The minimum Gasteiger partial charge on any atom is -0.350 e. The van der Waals surface area contributed by atoms with E-state index in [1.807, 2.05) is 13.8 Å². The van der Waals surface area contributed by atoms with Crippen LogP contribution in [0.25, 0.3) is 0 Å². The van der Waals surface area contributed by atoms with E-state index in [1.54, 1.807) is 0 Å². The van der Waals surface area contributed by atoms with Crippen molar-refractivity contribution >= 4 is 27.3 Å². The first-order valence-electron chi connectivity index (χ1n) is 7.79. The number of carbonyl (C=O) groups is 1. The molecule has 0 heterocycles. The summed E-state index contributed by atoms with van der Waals surface area (Å²) in [6, 6.07) is 9.58. The number of sulfonamides is 1. The maximum Gasteiger partial charge on any atom is 0.273 e. The number of nitrogens with zero attached hydrogens (tertiary/aromatic N) is 1. The van der Waals surface area contributed by atoms with Crippen LogP contribution in [-0.4, -0.2) is 25.3 Å². The molecule has 26 heavy (non-hydrogen) atoms. The van der Waals surface area contributed by atoms with Gasteiger partial charge >= 0.3 is 0 Å². The van der Waals surface area contributed by atoms with Crippen LogP contribution < -0.4 is 10.0 Å². The SMILES string of the molecule is Cc1ccc(S(=O)(=O)Nc2ccc(C(=O)NC(C)C)cc2)cc1[N+](=O)[O-]. The van der Waals surface area contributed by atoms with E-state index in [-0.39, 0.29) is 28.2 Å². The zero-order chi connectivity index (χ0) is 19.5. The van der Waals surface area contributed by atoms with Gasteiger partial charge in [-0.25, -0.2) is 8.42 Å². The van der Waals surface area contributed by atoms with Crippen LogP contribution in [0.3, 0.4) is 0 Å². The van der Waals surface area contributed by atoms with Crippen LogP contribution in [0.4, 0.5) is 11.4 Å². The zero-order valence-electron chi connectivity index (χ0n) is 14.5. The highest BCUT2D eigenvalue weighted by molar-refractivity contribution is 7.92. The number of nitrogens with one attached hydrogen (secondary N) is 2. The first kappa shape index (κ1) is 19.4. The van der Waals surface area contributed by atoms with Gasteiger partial charge in [0.15, 0.2) is 0 Å². The van der Waals surface area contributed by atoms with Gasteiger partial charge in [-0.15, -0.1) is 0 Å². The Labute approximate surface area is 151 Å². The van der Waals surface area contributed by atoms with Gasteiger partial charge in [0.05, 0.1) is 9.82 Å². The zero-order valence-corrected chi connectivity index (χ0v) is 15.3. The van der Waals surface area contributed by atoms with Crippen LogP contribution in [0.5, 0.6) is 0 Å². The molecule has 0 bridgehead atoms. The fraction of sp³-hybridized carbons (Fsp3) is 0.235. The Hall–Kier alpha value is -2.94. The molecule has 0 saturated heterocycles. The predicted molar refractivity (Wildman–Crippen MR) is 97.7 cm³/mol. The van der Waals surface area contributed by atoms with Gasteiger partial charge < -0.3 is 5.32 Å². The lowest BCUT2D eigenvalue weighted by Crippen LogP contribution is -2.30. The molecule has 138 valence electrons. The molecule has 2 rings (SSSR count). The third-order valence-corrected chi connectivity index (χ3v) is 4.89. The second-order valence-electron chi connectivity index (χ2n) is 6.02. The highest BCUT2D eigenvalue weighted by Gasteiger charge is 2.20.